The van der Waals surface area contributed by atoms with E-state index in [4.69, 9.17) is 4.74 Å². The third kappa shape index (κ3) is 5.06. The summed E-state index contributed by atoms with van der Waals surface area (Å²) >= 11 is 0. The number of phenols is 1. The van der Waals surface area contributed by atoms with Gasteiger partial charge >= 0.3 is 0 Å². The van der Waals surface area contributed by atoms with E-state index in [1.165, 1.54) is 17.0 Å². The first kappa shape index (κ1) is 23.9. The first-order valence-corrected chi connectivity index (χ1v) is 12.4. The number of amides is 1. The summed E-state index contributed by atoms with van der Waals surface area (Å²) in [5.41, 5.74) is 5.86. The average molecular weight is 513 g/mol. The highest BCUT2D eigenvalue weighted by Gasteiger charge is 2.11. The number of hydrazone groups is 1. The van der Waals surface area contributed by atoms with Crippen LogP contribution in [0.4, 0.5) is 0 Å². The molecule has 6 rings (SSSR count). The molecule has 0 unspecified atom stereocenters. The fourth-order valence-electron chi connectivity index (χ4n) is 4.52. The van der Waals surface area contributed by atoms with Gasteiger partial charge in [-0.15, -0.1) is 0 Å². The van der Waals surface area contributed by atoms with Crippen LogP contribution in [-0.2, 0) is 6.61 Å². The molecule has 1 aromatic heterocycles. The third-order valence-electron chi connectivity index (χ3n) is 6.55. The lowest BCUT2D eigenvalue weighted by atomic mass is 10.0. The summed E-state index contributed by atoms with van der Waals surface area (Å²) in [6.07, 6.45) is 1.43. The van der Waals surface area contributed by atoms with Crippen molar-refractivity contribution in [3.05, 3.63) is 126 Å². The molecule has 1 amide bonds. The summed E-state index contributed by atoms with van der Waals surface area (Å²) < 4.78 is 6.02. The Kier molecular flexibility index (Phi) is 6.45. The Morgan fingerprint density at radius 2 is 1.59 bits per heavy atom. The van der Waals surface area contributed by atoms with Gasteiger partial charge < -0.3 is 9.84 Å². The van der Waals surface area contributed by atoms with Crippen LogP contribution in [0.3, 0.4) is 0 Å². The van der Waals surface area contributed by atoms with Gasteiger partial charge in [0.25, 0.3) is 5.91 Å². The summed E-state index contributed by atoms with van der Waals surface area (Å²) in [4.78, 5) is 12.6. The molecule has 1 heterocycles. The molecule has 0 aliphatic heterocycles. The van der Waals surface area contributed by atoms with Gasteiger partial charge in [-0.3, -0.25) is 9.89 Å². The second kappa shape index (κ2) is 10.5. The molecule has 0 aliphatic rings. The van der Waals surface area contributed by atoms with Gasteiger partial charge in [0.05, 0.1) is 11.9 Å². The fourth-order valence-corrected chi connectivity index (χ4v) is 4.52. The van der Waals surface area contributed by atoms with Crippen molar-refractivity contribution in [2.24, 2.45) is 5.10 Å². The summed E-state index contributed by atoms with van der Waals surface area (Å²) in [5.74, 6) is 0.381. The Bertz CT molecular complexity index is 1820. The number of benzene rings is 5. The average Bonchev–Trinajstić information content (AvgIpc) is 3.48. The molecule has 5 aromatic carbocycles. The predicted molar refractivity (Wildman–Crippen MR) is 153 cm³/mol. The molecule has 7 nitrogen and oxygen atoms in total. The number of carbonyl (C=O) groups is 1. The van der Waals surface area contributed by atoms with Gasteiger partial charge in [-0.2, -0.15) is 10.2 Å². The smallest absolute Gasteiger partial charge is 0.289 e. The molecule has 39 heavy (non-hydrogen) atoms. The number of aromatic hydroxyl groups is 1. The molecular formula is C32H24N4O3. The van der Waals surface area contributed by atoms with Crippen LogP contribution >= 0.6 is 0 Å². The minimum Gasteiger partial charge on any atom is -0.507 e. The molecule has 0 radical (unpaired) electrons. The van der Waals surface area contributed by atoms with Crippen molar-refractivity contribution < 1.29 is 14.6 Å². The van der Waals surface area contributed by atoms with Crippen LogP contribution in [0.2, 0.25) is 0 Å². The van der Waals surface area contributed by atoms with Gasteiger partial charge in [0.2, 0.25) is 0 Å². The quantitative estimate of drug-likeness (QED) is 0.169. The highest BCUT2D eigenvalue weighted by Crippen LogP contribution is 2.26. The number of fused-ring (bicyclic) bond motifs is 2. The van der Waals surface area contributed by atoms with Crippen LogP contribution < -0.4 is 10.2 Å². The Balaban J connectivity index is 1.10. The van der Waals surface area contributed by atoms with E-state index in [-0.39, 0.29) is 11.4 Å². The molecule has 0 aliphatic carbocycles. The highest BCUT2D eigenvalue weighted by molar-refractivity contribution is 6.03. The van der Waals surface area contributed by atoms with Crippen LogP contribution in [0.25, 0.3) is 32.8 Å². The summed E-state index contributed by atoms with van der Waals surface area (Å²) in [5, 5.41) is 25.5. The summed E-state index contributed by atoms with van der Waals surface area (Å²) in [7, 11) is 0. The first-order valence-electron chi connectivity index (χ1n) is 12.4. The third-order valence-corrected chi connectivity index (χ3v) is 6.55. The number of hydrogen-bond donors (Lipinski definition) is 3. The van der Waals surface area contributed by atoms with Gasteiger partial charge in [0.15, 0.2) is 0 Å². The fraction of sp³-hybridized carbons (Fsp3) is 0.0312. The van der Waals surface area contributed by atoms with Gasteiger partial charge in [-0.1, -0.05) is 72.8 Å². The molecule has 6 aromatic rings. The van der Waals surface area contributed by atoms with Crippen molar-refractivity contribution in [1.29, 1.82) is 0 Å². The molecule has 0 saturated carbocycles. The van der Waals surface area contributed by atoms with Crippen molar-refractivity contribution in [1.82, 2.24) is 15.6 Å². The second-order valence-electron chi connectivity index (χ2n) is 9.04. The molecule has 190 valence electrons. The normalized spacial score (nSPS) is 11.3. The zero-order valence-electron chi connectivity index (χ0n) is 20.8. The molecule has 3 N–H and O–H groups in total. The molecule has 0 atom stereocenters. The van der Waals surface area contributed by atoms with Crippen LogP contribution in [0.1, 0.15) is 21.6 Å². The zero-order valence-corrected chi connectivity index (χ0v) is 20.8. The standard InChI is InChI=1S/C32H24N4O3/c37-31-17-14-22-7-2-4-11-27(22)28(31)19-33-36-32(38)30-18-29(34-35-30)23-12-15-25(16-13-23)39-20-24-9-5-8-21-6-1-3-10-26(21)24/h1-19,37H,20H2,(H,34,35)(H,36,38). The maximum atomic E-state index is 12.6. The predicted octanol–water partition coefficient (Wildman–Crippen LogP) is 6.43. The van der Waals surface area contributed by atoms with Gasteiger partial charge in [0.1, 0.15) is 23.8 Å². The number of H-pyrrole nitrogens is 1. The number of hydrogen-bond acceptors (Lipinski definition) is 5. The number of ether oxygens (including phenoxy) is 1. The molecule has 0 bridgehead atoms. The summed E-state index contributed by atoms with van der Waals surface area (Å²) in [6.45, 7) is 0.463. The number of phenolic OH excluding ortho intramolecular Hbond substituents is 1. The van der Waals surface area contributed by atoms with Crippen LogP contribution in [0, 0.1) is 0 Å². The van der Waals surface area contributed by atoms with Crippen LogP contribution in [0.15, 0.2) is 114 Å². The SMILES string of the molecule is O=C(NN=Cc1c(O)ccc2ccccc12)c1cc(-c2ccc(OCc3cccc4ccccc34)cc2)n[nH]1. The molecular weight excluding hydrogens is 488 g/mol. The Morgan fingerprint density at radius 3 is 2.41 bits per heavy atom. The minimum atomic E-state index is -0.445. The van der Waals surface area contributed by atoms with E-state index >= 15 is 0 Å². The van der Waals surface area contributed by atoms with Gasteiger partial charge in [0, 0.05) is 11.1 Å². The minimum absolute atomic E-state index is 0.0834. The molecule has 0 fully saturated rings. The molecule has 0 spiro atoms. The number of nitrogens with zero attached hydrogens (tertiary/aromatic N) is 2. The number of carbonyl (C=O) groups excluding carboxylic acids is 1. The van der Waals surface area contributed by atoms with E-state index in [2.05, 4.69) is 45.0 Å². The maximum Gasteiger partial charge on any atom is 0.289 e. The Labute approximate surface area is 224 Å². The first-order chi connectivity index (χ1) is 19.2. The van der Waals surface area contributed by atoms with Crippen molar-refractivity contribution in [3.63, 3.8) is 0 Å². The zero-order chi connectivity index (χ0) is 26.6. The lowest BCUT2D eigenvalue weighted by Gasteiger charge is -2.09. The van der Waals surface area contributed by atoms with E-state index in [0.717, 1.165) is 27.6 Å². The van der Waals surface area contributed by atoms with E-state index in [1.54, 1.807) is 12.1 Å². The molecule has 7 heteroatoms. The number of aromatic nitrogens is 2. The topological polar surface area (TPSA) is 99.6 Å². The Morgan fingerprint density at radius 1 is 0.872 bits per heavy atom. The van der Waals surface area contributed by atoms with Crippen molar-refractivity contribution in [3.8, 4) is 22.8 Å². The number of aromatic amines is 1. The van der Waals surface area contributed by atoms with Gasteiger partial charge in [-0.25, -0.2) is 5.43 Å². The van der Waals surface area contributed by atoms with Crippen molar-refractivity contribution in [2.45, 2.75) is 6.61 Å². The number of nitrogens with one attached hydrogen (secondary N) is 2. The van der Waals surface area contributed by atoms with Crippen molar-refractivity contribution in [2.75, 3.05) is 0 Å². The monoisotopic (exact) mass is 512 g/mol. The summed E-state index contributed by atoms with van der Waals surface area (Å²) in [6, 6.07) is 34.7. The number of rotatable bonds is 7. The van der Waals surface area contributed by atoms with Crippen LogP contribution in [-0.4, -0.2) is 27.4 Å². The van der Waals surface area contributed by atoms with Crippen molar-refractivity contribution >= 4 is 33.7 Å². The van der Waals surface area contributed by atoms with E-state index in [0.29, 0.717) is 17.9 Å². The van der Waals surface area contributed by atoms with E-state index < -0.39 is 5.91 Å². The van der Waals surface area contributed by atoms with E-state index in [1.807, 2.05) is 72.8 Å². The van der Waals surface area contributed by atoms with Crippen LogP contribution in [0.5, 0.6) is 11.5 Å². The Hall–Kier alpha value is -5.43. The highest BCUT2D eigenvalue weighted by atomic mass is 16.5. The van der Waals surface area contributed by atoms with E-state index in [9.17, 15) is 9.90 Å². The second-order valence-corrected chi connectivity index (χ2v) is 9.04. The lowest BCUT2D eigenvalue weighted by molar-refractivity contribution is 0.0950. The largest absolute Gasteiger partial charge is 0.507 e. The lowest BCUT2D eigenvalue weighted by Crippen LogP contribution is -2.18. The van der Waals surface area contributed by atoms with Gasteiger partial charge in [-0.05, 0) is 63.5 Å². The molecule has 0 saturated heterocycles. The maximum absolute atomic E-state index is 12.6.